The minimum atomic E-state index is 0. The maximum atomic E-state index is 2.41. The van der Waals surface area contributed by atoms with Crippen LogP contribution in [0.2, 0.25) is 0 Å². The molecular weight excluding hydrogens is 645 g/mol. The van der Waals surface area contributed by atoms with E-state index in [4.69, 9.17) is 0 Å². The first kappa shape index (κ1) is 30.3. The van der Waals surface area contributed by atoms with Gasteiger partial charge in [0, 0.05) is 47.3 Å². The minimum absolute atomic E-state index is 0. The van der Waals surface area contributed by atoms with Gasteiger partial charge in [-0.25, -0.2) is 0 Å². The second kappa shape index (κ2) is 12.6. The summed E-state index contributed by atoms with van der Waals surface area (Å²) >= 11 is 1.85. The van der Waals surface area contributed by atoms with Gasteiger partial charge in [-0.15, -0.1) is 0 Å². The number of benzene rings is 4. The Kier molecular flexibility index (Phi) is 9.11. The monoisotopic (exact) mass is 684 g/mol. The third-order valence-electron chi connectivity index (χ3n) is 8.64. The first-order valence-electron chi connectivity index (χ1n) is 14.6. The van der Waals surface area contributed by atoms with E-state index in [9.17, 15) is 0 Å². The number of thioether (sulfide) groups is 1. The molecule has 0 unspecified atom stereocenters. The van der Waals surface area contributed by atoms with Crippen LogP contribution < -0.4 is 33.4 Å². The molecular formula is C37H39IN3S+. The van der Waals surface area contributed by atoms with Crippen LogP contribution in [0.15, 0.2) is 113 Å². The maximum absolute atomic E-state index is 2.41. The van der Waals surface area contributed by atoms with Crippen molar-refractivity contribution in [3.05, 3.63) is 125 Å². The summed E-state index contributed by atoms with van der Waals surface area (Å²) in [5.41, 5.74) is 9.95. The summed E-state index contributed by atoms with van der Waals surface area (Å²) in [6.45, 7) is 10.0. The lowest BCUT2D eigenvalue weighted by Crippen LogP contribution is -3.00. The van der Waals surface area contributed by atoms with Crippen LogP contribution in [-0.4, -0.2) is 31.7 Å². The fourth-order valence-electron chi connectivity index (χ4n) is 5.72. The Morgan fingerprint density at radius 1 is 0.833 bits per heavy atom. The van der Waals surface area contributed by atoms with E-state index >= 15 is 0 Å². The highest BCUT2D eigenvalue weighted by Crippen LogP contribution is 2.46. The Balaban J connectivity index is 0.00000353. The number of hydrogen-bond acceptors (Lipinski definition) is 2. The molecule has 6 rings (SSSR count). The first-order valence-corrected chi connectivity index (χ1v) is 15.4. The van der Waals surface area contributed by atoms with Gasteiger partial charge in [0.1, 0.15) is 6.54 Å². The van der Waals surface area contributed by atoms with E-state index in [0.717, 1.165) is 24.1 Å². The number of halogens is 1. The van der Waals surface area contributed by atoms with E-state index in [1.165, 1.54) is 60.1 Å². The van der Waals surface area contributed by atoms with Gasteiger partial charge in [-0.3, -0.25) is 0 Å². The summed E-state index contributed by atoms with van der Waals surface area (Å²) in [6.07, 6.45) is 2.36. The Morgan fingerprint density at radius 2 is 1.52 bits per heavy atom. The zero-order valence-corrected chi connectivity index (χ0v) is 28.1. The van der Waals surface area contributed by atoms with Crippen molar-refractivity contribution in [1.82, 2.24) is 0 Å². The molecule has 1 aliphatic heterocycles. The van der Waals surface area contributed by atoms with Gasteiger partial charge in [-0.1, -0.05) is 60.3 Å². The molecule has 214 valence electrons. The average Bonchev–Trinajstić information content (AvgIpc) is 3.31. The van der Waals surface area contributed by atoms with E-state index in [1.807, 2.05) is 11.8 Å². The lowest BCUT2D eigenvalue weighted by molar-refractivity contribution is -0.919. The van der Waals surface area contributed by atoms with E-state index in [0.29, 0.717) is 0 Å². The van der Waals surface area contributed by atoms with Gasteiger partial charge >= 0.3 is 0 Å². The van der Waals surface area contributed by atoms with Crippen LogP contribution in [0.1, 0.15) is 30.5 Å². The zero-order chi connectivity index (χ0) is 28.6. The molecule has 0 N–H and O–H groups in total. The topological polar surface area (TPSA) is 7.12 Å². The Bertz CT molecular complexity index is 1740. The third kappa shape index (κ3) is 5.87. The molecule has 4 aromatic carbocycles. The van der Waals surface area contributed by atoms with Crippen LogP contribution >= 0.6 is 11.8 Å². The number of aromatic nitrogens is 1. The predicted octanol–water partition coefficient (Wildman–Crippen LogP) is 5.62. The molecule has 1 aromatic heterocycles. The molecule has 1 aliphatic rings. The van der Waals surface area contributed by atoms with Crippen LogP contribution in [0, 0.1) is 6.92 Å². The second-order valence-corrected chi connectivity index (χ2v) is 12.5. The van der Waals surface area contributed by atoms with Crippen molar-refractivity contribution >= 4 is 34.4 Å². The molecule has 3 nitrogen and oxygen atoms in total. The van der Waals surface area contributed by atoms with Crippen molar-refractivity contribution in [1.29, 1.82) is 0 Å². The van der Waals surface area contributed by atoms with Gasteiger partial charge in [0.05, 0.1) is 36.2 Å². The molecule has 5 aromatic rings. The van der Waals surface area contributed by atoms with Crippen LogP contribution in [-0.2, 0) is 6.54 Å². The van der Waals surface area contributed by atoms with E-state index in [-0.39, 0.29) is 24.0 Å². The summed E-state index contributed by atoms with van der Waals surface area (Å²) < 4.78 is 3.46. The standard InChI is InChI=1S/C37H39N3S.HI/c1-6-40(5,7-2)26-28-18-20-29(21-19-28)34-24-30(25-37-38(4)35-23-27(3)17-22-36(35)41-37)32-15-11-12-16-33(32)39(34)31-13-9-8-10-14-31;/h8-25H,6-7,26H2,1-5H3;1H/q+2;/p-1. The maximum Gasteiger partial charge on any atom is 0.219 e. The highest BCUT2D eigenvalue weighted by atomic mass is 127. The van der Waals surface area contributed by atoms with E-state index in [2.05, 4.69) is 154 Å². The number of hydrogen-bond donors (Lipinski definition) is 0. The number of aryl methyl sites for hydroxylation is 1. The zero-order valence-electron chi connectivity index (χ0n) is 25.1. The van der Waals surface area contributed by atoms with Crippen LogP contribution in [0.5, 0.6) is 0 Å². The lowest BCUT2D eigenvalue weighted by atomic mass is 10.0. The van der Waals surface area contributed by atoms with Crippen molar-refractivity contribution < 1.29 is 33.0 Å². The molecule has 0 atom stereocenters. The van der Waals surface area contributed by atoms with Gasteiger partial charge in [0.15, 0.2) is 0 Å². The minimum Gasteiger partial charge on any atom is -1.00 e. The largest absolute Gasteiger partial charge is 1.00 e. The molecule has 0 radical (unpaired) electrons. The van der Waals surface area contributed by atoms with Crippen molar-refractivity contribution in [2.75, 3.05) is 32.1 Å². The fraction of sp³-hybridized carbons (Fsp3) is 0.216. The molecule has 2 heterocycles. The van der Waals surface area contributed by atoms with Gasteiger partial charge < -0.3 is 33.4 Å². The summed E-state index contributed by atoms with van der Waals surface area (Å²) in [4.78, 5) is 3.63. The number of pyridine rings is 1. The summed E-state index contributed by atoms with van der Waals surface area (Å²) in [5.74, 6) is 0. The van der Waals surface area contributed by atoms with Gasteiger partial charge in [-0.2, -0.15) is 4.57 Å². The smallest absolute Gasteiger partial charge is 0.219 e. The number of para-hydroxylation sites is 2. The number of anilines is 1. The van der Waals surface area contributed by atoms with Crippen LogP contribution in [0.4, 0.5) is 5.69 Å². The third-order valence-corrected chi connectivity index (χ3v) is 9.81. The lowest BCUT2D eigenvalue weighted by Gasteiger charge is -2.32. The second-order valence-electron chi connectivity index (χ2n) is 11.4. The molecule has 42 heavy (non-hydrogen) atoms. The van der Waals surface area contributed by atoms with Crippen molar-refractivity contribution in [2.24, 2.45) is 0 Å². The van der Waals surface area contributed by atoms with Crippen molar-refractivity contribution in [3.8, 4) is 16.9 Å². The van der Waals surface area contributed by atoms with Crippen molar-refractivity contribution in [2.45, 2.75) is 32.2 Å². The summed E-state index contributed by atoms with van der Waals surface area (Å²) in [5, 5.41) is 2.48. The SMILES string of the molecule is CC[N+](C)(CC)Cc1ccc(-c2cc(C=C3Sc4ccc(C)cc4N3C)c3ccccc3[n+]2-c2ccccc2)cc1.[I-]. The molecule has 0 saturated carbocycles. The van der Waals surface area contributed by atoms with Gasteiger partial charge in [0.2, 0.25) is 16.9 Å². The average molecular weight is 685 g/mol. The Labute approximate surface area is 272 Å². The number of nitrogens with zero attached hydrogens (tertiary/aromatic N) is 3. The fourth-order valence-corrected chi connectivity index (χ4v) is 6.81. The molecule has 5 heteroatoms. The quantitative estimate of drug-likeness (QED) is 0.125. The predicted molar refractivity (Wildman–Crippen MR) is 175 cm³/mol. The number of quaternary nitrogens is 1. The highest BCUT2D eigenvalue weighted by molar-refractivity contribution is 8.03. The van der Waals surface area contributed by atoms with E-state index < -0.39 is 0 Å². The number of fused-ring (bicyclic) bond motifs is 2. The molecule has 0 bridgehead atoms. The molecule has 0 amide bonds. The highest BCUT2D eigenvalue weighted by Gasteiger charge is 2.26. The van der Waals surface area contributed by atoms with Crippen molar-refractivity contribution in [3.63, 3.8) is 0 Å². The van der Waals surface area contributed by atoms with Crippen LogP contribution in [0.25, 0.3) is 33.9 Å². The van der Waals surface area contributed by atoms with Crippen LogP contribution in [0.3, 0.4) is 0 Å². The molecule has 0 saturated heterocycles. The molecule has 0 spiro atoms. The first-order chi connectivity index (χ1) is 19.9. The van der Waals surface area contributed by atoms with E-state index in [1.54, 1.807) is 0 Å². The summed E-state index contributed by atoms with van der Waals surface area (Å²) in [7, 11) is 4.52. The normalized spacial score (nSPS) is 13.8. The molecule has 0 aliphatic carbocycles. The number of rotatable bonds is 7. The van der Waals surface area contributed by atoms with Gasteiger partial charge in [0.25, 0.3) is 0 Å². The Hall–Kier alpha value is -3.13. The summed E-state index contributed by atoms with van der Waals surface area (Å²) in [6, 6.07) is 37.9. The Morgan fingerprint density at radius 3 is 2.24 bits per heavy atom. The molecule has 0 fully saturated rings. The van der Waals surface area contributed by atoms with Gasteiger partial charge in [-0.05, 0) is 68.3 Å².